The predicted molar refractivity (Wildman–Crippen MR) is 83.0 cm³/mol. The van der Waals surface area contributed by atoms with Gasteiger partial charge in [0.15, 0.2) is 5.82 Å². The maximum Gasteiger partial charge on any atom is 0.262 e. The predicted octanol–water partition coefficient (Wildman–Crippen LogP) is 2.93. The molecule has 0 bridgehead atoms. The zero-order chi connectivity index (χ0) is 14.9. The van der Waals surface area contributed by atoms with Crippen LogP contribution in [0.5, 0.6) is 11.6 Å². The Morgan fingerprint density at radius 3 is 2.67 bits per heavy atom. The Morgan fingerprint density at radius 2 is 1.95 bits per heavy atom. The summed E-state index contributed by atoms with van der Waals surface area (Å²) in [6.45, 7) is 3.36. The second-order valence-corrected chi connectivity index (χ2v) is 4.53. The zero-order valence-electron chi connectivity index (χ0n) is 12.5. The molecule has 0 atom stereocenters. The van der Waals surface area contributed by atoms with Crippen molar-refractivity contribution in [2.75, 3.05) is 25.6 Å². The van der Waals surface area contributed by atoms with E-state index in [0.717, 1.165) is 19.4 Å². The van der Waals surface area contributed by atoms with Gasteiger partial charge >= 0.3 is 0 Å². The molecule has 1 heterocycles. The minimum atomic E-state index is 0.483. The molecule has 2 rings (SSSR count). The molecule has 0 aliphatic heterocycles. The van der Waals surface area contributed by atoms with Gasteiger partial charge in [-0.05, 0) is 25.3 Å². The highest BCUT2D eigenvalue weighted by Crippen LogP contribution is 2.30. The van der Waals surface area contributed by atoms with Crippen molar-refractivity contribution in [3.63, 3.8) is 0 Å². The van der Waals surface area contributed by atoms with Crippen molar-refractivity contribution in [1.29, 1.82) is 0 Å². The van der Waals surface area contributed by atoms with Gasteiger partial charge in [-0.15, -0.1) is 0 Å². The number of hydrogen-bond acceptors (Lipinski definition) is 5. The van der Waals surface area contributed by atoms with Crippen LogP contribution < -0.4 is 14.8 Å². The van der Waals surface area contributed by atoms with Crippen molar-refractivity contribution in [3.05, 3.63) is 42.2 Å². The van der Waals surface area contributed by atoms with Crippen LogP contribution in [0, 0.1) is 0 Å². The number of methoxy groups -OCH3 is 1. The van der Waals surface area contributed by atoms with E-state index >= 15 is 0 Å². The molecule has 0 saturated heterocycles. The molecular weight excluding hydrogens is 266 g/mol. The number of benzene rings is 1. The summed E-state index contributed by atoms with van der Waals surface area (Å²) in [4.78, 5) is 8.29. The van der Waals surface area contributed by atoms with Crippen LogP contribution in [0.1, 0.15) is 18.9 Å². The number of aryl methyl sites for hydroxylation is 1. The maximum absolute atomic E-state index is 5.72. The first-order valence-corrected chi connectivity index (χ1v) is 7.14. The average Bonchev–Trinajstić information content (AvgIpc) is 2.53. The van der Waals surface area contributed by atoms with Gasteiger partial charge in [0.25, 0.3) is 5.88 Å². The summed E-state index contributed by atoms with van der Waals surface area (Å²) in [5.74, 6) is 1.70. The van der Waals surface area contributed by atoms with Gasteiger partial charge in [-0.1, -0.05) is 30.3 Å². The van der Waals surface area contributed by atoms with E-state index in [1.165, 1.54) is 11.9 Å². The van der Waals surface area contributed by atoms with Gasteiger partial charge in [-0.3, -0.25) is 0 Å². The van der Waals surface area contributed by atoms with Crippen LogP contribution in [0.3, 0.4) is 0 Å². The highest BCUT2D eigenvalue weighted by atomic mass is 16.5. The quantitative estimate of drug-likeness (QED) is 0.757. The van der Waals surface area contributed by atoms with Crippen LogP contribution in [0.4, 0.5) is 5.82 Å². The van der Waals surface area contributed by atoms with Crippen molar-refractivity contribution < 1.29 is 9.47 Å². The Bertz CT molecular complexity index is 546. The molecule has 0 saturated carbocycles. The molecule has 0 amide bonds. The van der Waals surface area contributed by atoms with E-state index in [-0.39, 0.29) is 0 Å². The van der Waals surface area contributed by atoms with Crippen LogP contribution in [-0.4, -0.2) is 30.2 Å². The fourth-order valence-electron chi connectivity index (χ4n) is 2.03. The summed E-state index contributed by atoms with van der Waals surface area (Å²) in [7, 11) is 1.59. The molecule has 2 aromatic rings. The third kappa shape index (κ3) is 4.34. The SMILES string of the molecule is CCNc1ncnc(OCCCc2ccccc2)c1OC. The largest absolute Gasteiger partial charge is 0.489 e. The van der Waals surface area contributed by atoms with Gasteiger partial charge in [-0.25, -0.2) is 4.98 Å². The van der Waals surface area contributed by atoms with E-state index < -0.39 is 0 Å². The lowest BCUT2D eigenvalue weighted by molar-refractivity contribution is 0.277. The topological polar surface area (TPSA) is 56.3 Å². The van der Waals surface area contributed by atoms with E-state index in [1.807, 2.05) is 25.1 Å². The third-order valence-corrected chi connectivity index (χ3v) is 3.01. The molecule has 21 heavy (non-hydrogen) atoms. The highest BCUT2D eigenvalue weighted by molar-refractivity contribution is 5.54. The number of aromatic nitrogens is 2. The van der Waals surface area contributed by atoms with E-state index in [9.17, 15) is 0 Å². The standard InChI is InChI=1S/C16H21N3O2/c1-3-17-15-14(20-2)16(19-12-18-15)21-11-7-10-13-8-5-4-6-9-13/h4-6,8-9,12H,3,7,10-11H2,1-2H3,(H,17,18,19). The first kappa shape index (κ1) is 15.1. The first-order chi connectivity index (χ1) is 10.3. The molecular formula is C16H21N3O2. The average molecular weight is 287 g/mol. The molecule has 1 N–H and O–H groups in total. The van der Waals surface area contributed by atoms with Gasteiger partial charge in [0.2, 0.25) is 5.75 Å². The monoisotopic (exact) mass is 287 g/mol. The summed E-state index contributed by atoms with van der Waals surface area (Å²) in [5.41, 5.74) is 1.31. The molecule has 5 nitrogen and oxygen atoms in total. The Labute approximate surface area is 125 Å². The number of anilines is 1. The summed E-state index contributed by atoms with van der Waals surface area (Å²) in [6.07, 6.45) is 3.38. The molecule has 112 valence electrons. The van der Waals surface area contributed by atoms with Crippen molar-refractivity contribution in [2.24, 2.45) is 0 Å². The van der Waals surface area contributed by atoms with Crippen molar-refractivity contribution >= 4 is 5.82 Å². The van der Waals surface area contributed by atoms with Crippen molar-refractivity contribution in [3.8, 4) is 11.6 Å². The summed E-state index contributed by atoms with van der Waals surface area (Å²) in [5, 5.41) is 3.13. The molecule has 0 fully saturated rings. The van der Waals surface area contributed by atoms with E-state index in [0.29, 0.717) is 24.1 Å². The lowest BCUT2D eigenvalue weighted by Gasteiger charge is -2.12. The zero-order valence-corrected chi connectivity index (χ0v) is 12.5. The summed E-state index contributed by atoms with van der Waals surface area (Å²) < 4.78 is 11.1. The lowest BCUT2D eigenvalue weighted by atomic mass is 10.1. The third-order valence-electron chi connectivity index (χ3n) is 3.01. The number of rotatable bonds is 8. The Morgan fingerprint density at radius 1 is 1.14 bits per heavy atom. The number of nitrogens with one attached hydrogen (secondary N) is 1. The van der Waals surface area contributed by atoms with Crippen LogP contribution in [0.25, 0.3) is 0 Å². The molecule has 1 aromatic heterocycles. The second-order valence-electron chi connectivity index (χ2n) is 4.53. The van der Waals surface area contributed by atoms with Crippen molar-refractivity contribution in [1.82, 2.24) is 9.97 Å². The normalized spacial score (nSPS) is 10.2. The molecule has 1 aromatic carbocycles. The van der Waals surface area contributed by atoms with E-state index in [4.69, 9.17) is 9.47 Å². The minimum absolute atomic E-state index is 0.483. The smallest absolute Gasteiger partial charge is 0.262 e. The molecule has 0 unspecified atom stereocenters. The van der Waals surface area contributed by atoms with Crippen LogP contribution >= 0.6 is 0 Å². The Hall–Kier alpha value is -2.30. The fourth-order valence-corrected chi connectivity index (χ4v) is 2.03. The Balaban J connectivity index is 1.89. The van der Waals surface area contributed by atoms with Gasteiger partial charge in [-0.2, -0.15) is 4.98 Å². The number of ether oxygens (including phenoxy) is 2. The van der Waals surface area contributed by atoms with Crippen molar-refractivity contribution in [2.45, 2.75) is 19.8 Å². The minimum Gasteiger partial charge on any atom is -0.489 e. The number of hydrogen-bond donors (Lipinski definition) is 1. The molecule has 0 aliphatic rings. The molecule has 0 spiro atoms. The van der Waals surface area contributed by atoms with Crippen LogP contribution in [0.2, 0.25) is 0 Å². The second kappa shape index (κ2) is 8.09. The summed E-state index contributed by atoms with van der Waals surface area (Å²) in [6, 6.07) is 10.4. The number of nitrogens with zero attached hydrogens (tertiary/aromatic N) is 2. The van der Waals surface area contributed by atoms with E-state index in [1.54, 1.807) is 7.11 Å². The highest BCUT2D eigenvalue weighted by Gasteiger charge is 2.12. The van der Waals surface area contributed by atoms with Gasteiger partial charge < -0.3 is 14.8 Å². The van der Waals surface area contributed by atoms with Gasteiger partial charge in [0, 0.05) is 6.54 Å². The molecule has 0 aliphatic carbocycles. The van der Waals surface area contributed by atoms with Crippen LogP contribution in [-0.2, 0) is 6.42 Å². The lowest BCUT2D eigenvalue weighted by Crippen LogP contribution is -2.07. The fraction of sp³-hybridized carbons (Fsp3) is 0.375. The first-order valence-electron chi connectivity index (χ1n) is 7.14. The maximum atomic E-state index is 5.72. The molecule has 5 heteroatoms. The Kier molecular flexibility index (Phi) is 5.82. The molecule has 0 radical (unpaired) electrons. The van der Waals surface area contributed by atoms with E-state index in [2.05, 4.69) is 27.4 Å². The van der Waals surface area contributed by atoms with Gasteiger partial charge in [0.05, 0.1) is 13.7 Å². The van der Waals surface area contributed by atoms with Gasteiger partial charge in [0.1, 0.15) is 6.33 Å². The summed E-state index contributed by atoms with van der Waals surface area (Å²) >= 11 is 0. The van der Waals surface area contributed by atoms with Crippen LogP contribution in [0.15, 0.2) is 36.7 Å².